The molecule has 0 saturated carbocycles. The molecule has 0 radical (unpaired) electrons. The first-order chi connectivity index (χ1) is 14.0. The minimum absolute atomic E-state index is 0.245. The number of sulfonamides is 1. The molecular weight excluding hydrogens is 424 g/mol. The summed E-state index contributed by atoms with van der Waals surface area (Å²) in [5.74, 6) is 0.674. The minimum atomic E-state index is -3.69. The van der Waals surface area contributed by atoms with E-state index < -0.39 is 10.0 Å². The molecule has 0 heterocycles. The average Bonchev–Trinajstić information content (AvgIpc) is 2.67. The molecule has 0 fully saturated rings. The third-order valence-electron chi connectivity index (χ3n) is 4.76. The maximum Gasteiger partial charge on any atom is 0.241 e. The van der Waals surface area contributed by atoms with Gasteiger partial charge < -0.3 is 10.1 Å². The summed E-state index contributed by atoms with van der Waals surface area (Å²) in [4.78, 5) is 12.9. The molecule has 2 aromatic rings. The minimum Gasteiger partial charge on any atom is -0.497 e. The van der Waals surface area contributed by atoms with E-state index in [1.807, 2.05) is 24.3 Å². The van der Waals surface area contributed by atoms with E-state index in [1.54, 1.807) is 32.2 Å². The number of methoxy groups -OCH3 is 1. The normalized spacial score (nSPS) is 12.5. The van der Waals surface area contributed by atoms with Gasteiger partial charge in [-0.3, -0.25) is 9.10 Å². The third kappa shape index (κ3) is 6.37. The van der Waals surface area contributed by atoms with Crippen molar-refractivity contribution in [3.8, 4) is 5.75 Å². The number of rotatable bonds is 9. The smallest absolute Gasteiger partial charge is 0.241 e. The predicted molar refractivity (Wildman–Crippen MR) is 122 cm³/mol. The Morgan fingerprint density at radius 3 is 2.33 bits per heavy atom. The molecule has 0 aliphatic rings. The summed E-state index contributed by atoms with van der Waals surface area (Å²) in [5, 5.41) is 3.43. The Kier molecular flexibility index (Phi) is 8.15. The maximum atomic E-state index is 12.9. The topological polar surface area (TPSA) is 75.7 Å². The lowest BCUT2D eigenvalue weighted by Crippen LogP contribution is -2.42. The van der Waals surface area contributed by atoms with Crippen LogP contribution in [0, 0.1) is 12.8 Å². The zero-order chi connectivity index (χ0) is 22.5. The Labute approximate surface area is 184 Å². The second kappa shape index (κ2) is 10.2. The molecule has 8 heteroatoms. The van der Waals surface area contributed by atoms with Gasteiger partial charge in [0.1, 0.15) is 12.3 Å². The number of anilines is 1. The fourth-order valence-electron chi connectivity index (χ4n) is 3.20. The highest BCUT2D eigenvalue weighted by molar-refractivity contribution is 7.92. The van der Waals surface area contributed by atoms with Gasteiger partial charge in [0.05, 0.1) is 25.1 Å². The highest BCUT2D eigenvalue weighted by atomic mass is 35.5. The summed E-state index contributed by atoms with van der Waals surface area (Å²) in [7, 11) is -2.09. The van der Waals surface area contributed by atoms with Crippen LogP contribution in [-0.2, 0) is 14.8 Å². The van der Waals surface area contributed by atoms with Crippen molar-refractivity contribution >= 4 is 33.2 Å². The van der Waals surface area contributed by atoms with E-state index in [0.29, 0.717) is 28.6 Å². The number of carbonyl (C=O) groups excluding carboxylic acids is 1. The van der Waals surface area contributed by atoms with Crippen LogP contribution in [0.2, 0.25) is 5.02 Å². The van der Waals surface area contributed by atoms with Gasteiger partial charge in [0.15, 0.2) is 0 Å². The van der Waals surface area contributed by atoms with Gasteiger partial charge in [0.2, 0.25) is 15.9 Å². The highest BCUT2D eigenvalue weighted by Crippen LogP contribution is 2.28. The van der Waals surface area contributed by atoms with Crippen LogP contribution in [0.25, 0.3) is 0 Å². The van der Waals surface area contributed by atoms with Crippen molar-refractivity contribution in [2.24, 2.45) is 5.92 Å². The lowest BCUT2D eigenvalue weighted by atomic mass is 9.97. The van der Waals surface area contributed by atoms with Crippen molar-refractivity contribution in [1.29, 1.82) is 0 Å². The molecule has 2 rings (SSSR count). The van der Waals surface area contributed by atoms with Gasteiger partial charge in [0, 0.05) is 5.02 Å². The zero-order valence-corrected chi connectivity index (χ0v) is 19.5. The van der Waals surface area contributed by atoms with E-state index in [2.05, 4.69) is 19.2 Å². The van der Waals surface area contributed by atoms with Crippen LogP contribution in [-0.4, -0.2) is 34.2 Å². The summed E-state index contributed by atoms with van der Waals surface area (Å²) in [6.45, 7) is 5.54. The molecule has 1 atom stereocenters. The Bertz CT molecular complexity index is 975. The number of hydrogen-bond acceptors (Lipinski definition) is 4. The lowest BCUT2D eigenvalue weighted by Gasteiger charge is -2.26. The molecule has 1 N–H and O–H groups in total. The molecule has 2 aromatic carbocycles. The van der Waals surface area contributed by atoms with Crippen molar-refractivity contribution < 1.29 is 17.9 Å². The molecule has 164 valence electrons. The van der Waals surface area contributed by atoms with Crippen molar-refractivity contribution in [2.45, 2.75) is 33.2 Å². The number of nitrogens with zero attached hydrogens (tertiary/aromatic N) is 1. The molecule has 0 saturated heterocycles. The van der Waals surface area contributed by atoms with Crippen LogP contribution in [0.15, 0.2) is 42.5 Å². The fourth-order valence-corrected chi connectivity index (χ4v) is 4.28. The summed E-state index contributed by atoms with van der Waals surface area (Å²) < 4.78 is 31.1. The second-order valence-electron chi connectivity index (χ2n) is 7.68. The van der Waals surface area contributed by atoms with E-state index in [-0.39, 0.29) is 18.5 Å². The first-order valence-electron chi connectivity index (χ1n) is 9.69. The van der Waals surface area contributed by atoms with Gasteiger partial charge in [0.25, 0.3) is 0 Å². The van der Waals surface area contributed by atoms with E-state index in [4.69, 9.17) is 16.3 Å². The highest BCUT2D eigenvalue weighted by Gasteiger charge is 2.25. The number of halogens is 1. The van der Waals surface area contributed by atoms with Crippen molar-refractivity contribution in [2.75, 3.05) is 24.2 Å². The molecule has 6 nitrogen and oxygen atoms in total. The van der Waals surface area contributed by atoms with E-state index in [0.717, 1.165) is 21.9 Å². The Hall–Kier alpha value is -2.25. The van der Waals surface area contributed by atoms with Crippen molar-refractivity contribution in [3.63, 3.8) is 0 Å². The third-order valence-corrected chi connectivity index (χ3v) is 6.29. The number of hydrogen-bond donors (Lipinski definition) is 1. The summed E-state index contributed by atoms with van der Waals surface area (Å²) in [6, 6.07) is 12.2. The van der Waals surface area contributed by atoms with Gasteiger partial charge in [-0.1, -0.05) is 43.6 Å². The SMILES string of the molecule is COc1ccc([C@@H](CC(C)C)NC(=O)CN(c2cccc(Cl)c2C)S(C)(=O)=O)cc1. The van der Waals surface area contributed by atoms with E-state index in [1.165, 1.54) is 0 Å². The van der Waals surface area contributed by atoms with Crippen LogP contribution >= 0.6 is 11.6 Å². The van der Waals surface area contributed by atoms with Crippen molar-refractivity contribution in [1.82, 2.24) is 5.32 Å². The van der Waals surface area contributed by atoms with Crippen LogP contribution in [0.1, 0.15) is 37.4 Å². The fraction of sp³-hybridized carbons (Fsp3) is 0.409. The molecule has 0 bridgehead atoms. The summed E-state index contributed by atoms with van der Waals surface area (Å²) in [5.41, 5.74) is 1.93. The number of amides is 1. The molecule has 0 aliphatic carbocycles. The summed E-state index contributed by atoms with van der Waals surface area (Å²) >= 11 is 6.16. The molecular formula is C22H29ClN2O4S. The quantitative estimate of drug-likeness (QED) is 0.614. The van der Waals surface area contributed by atoms with Crippen LogP contribution < -0.4 is 14.4 Å². The zero-order valence-electron chi connectivity index (χ0n) is 18.0. The van der Waals surface area contributed by atoms with E-state index >= 15 is 0 Å². The van der Waals surface area contributed by atoms with Crippen molar-refractivity contribution in [3.05, 3.63) is 58.6 Å². The molecule has 30 heavy (non-hydrogen) atoms. The standard InChI is InChI=1S/C22H29ClN2O4S/c1-15(2)13-20(17-9-11-18(29-4)12-10-17)24-22(26)14-25(30(5,27)28)21-8-6-7-19(23)16(21)3/h6-12,15,20H,13-14H2,1-5H3,(H,24,26)/t20-/m1/s1. The van der Waals surface area contributed by atoms with Gasteiger partial charge in [-0.15, -0.1) is 0 Å². The van der Waals surface area contributed by atoms with Crippen LogP contribution in [0.3, 0.4) is 0 Å². The molecule has 0 aromatic heterocycles. The monoisotopic (exact) mass is 452 g/mol. The van der Waals surface area contributed by atoms with Crippen LogP contribution in [0.4, 0.5) is 5.69 Å². The first kappa shape index (κ1) is 24.0. The number of nitrogens with one attached hydrogen (secondary N) is 1. The molecule has 0 spiro atoms. The Balaban J connectivity index is 2.27. The largest absolute Gasteiger partial charge is 0.497 e. The molecule has 0 aliphatic heterocycles. The Morgan fingerprint density at radius 1 is 1.17 bits per heavy atom. The first-order valence-corrected chi connectivity index (χ1v) is 11.9. The number of benzene rings is 2. The Morgan fingerprint density at radius 2 is 1.80 bits per heavy atom. The summed E-state index contributed by atoms with van der Waals surface area (Å²) in [6.07, 6.45) is 1.79. The number of carbonyl (C=O) groups is 1. The second-order valence-corrected chi connectivity index (χ2v) is 9.99. The van der Waals surface area contributed by atoms with Gasteiger partial charge in [-0.25, -0.2) is 8.42 Å². The lowest BCUT2D eigenvalue weighted by molar-refractivity contribution is -0.120. The van der Waals surface area contributed by atoms with Gasteiger partial charge >= 0.3 is 0 Å². The average molecular weight is 453 g/mol. The molecule has 1 amide bonds. The predicted octanol–water partition coefficient (Wildman–Crippen LogP) is 4.33. The van der Waals surface area contributed by atoms with Gasteiger partial charge in [-0.05, 0) is 54.7 Å². The van der Waals surface area contributed by atoms with Crippen LogP contribution in [0.5, 0.6) is 5.75 Å². The number of ether oxygens (including phenoxy) is 1. The maximum absolute atomic E-state index is 12.9. The van der Waals surface area contributed by atoms with Gasteiger partial charge in [-0.2, -0.15) is 0 Å². The molecule has 0 unspecified atom stereocenters. The van der Waals surface area contributed by atoms with E-state index in [9.17, 15) is 13.2 Å².